The summed E-state index contributed by atoms with van der Waals surface area (Å²) in [5, 5.41) is 15.4. The van der Waals surface area contributed by atoms with Crippen molar-refractivity contribution in [3.05, 3.63) is 63.7 Å². The normalized spacial score (nSPS) is 14.8. The van der Waals surface area contributed by atoms with E-state index in [4.69, 9.17) is 4.74 Å². The lowest BCUT2D eigenvalue weighted by Gasteiger charge is -2.25. The third-order valence-electron chi connectivity index (χ3n) is 4.30. The van der Waals surface area contributed by atoms with Crippen LogP contribution >= 0.6 is 11.8 Å². The highest BCUT2D eigenvalue weighted by Crippen LogP contribution is 2.35. The van der Waals surface area contributed by atoms with E-state index in [1.54, 1.807) is 12.1 Å². The van der Waals surface area contributed by atoms with Crippen molar-refractivity contribution >= 4 is 29.6 Å². The number of rotatable bonds is 7. The third-order valence-corrected chi connectivity index (χ3v) is 5.38. The van der Waals surface area contributed by atoms with Gasteiger partial charge in [0.25, 0.3) is 11.6 Å². The number of nitrogens with one attached hydrogen (secondary N) is 1. The Hall–Kier alpha value is -2.75. The molecular formula is C20H22N4O4S. The van der Waals surface area contributed by atoms with Crippen molar-refractivity contribution in [2.45, 2.75) is 16.7 Å². The van der Waals surface area contributed by atoms with Crippen molar-refractivity contribution < 1.29 is 14.5 Å². The van der Waals surface area contributed by atoms with Crippen LogP contribution in [0.2, 0.25) is 0 Å². The zero-order valence-corrected chi connectivity index (χ0v) is 16.9. The minimum absolute atomic E-state index is 0.000770. The molecule has 0 aromatic heterocycles. The third kappa shape index (κ3) is 6.38. The van der Waals surface area contributed by atoms with Gasteiger partial charge in [0.1, 0.15) is 0 Å². The van der Waals surface area contributed by atoms with Crippen LogP contribution in [0, 0.1) is 17.0 Å². The van der Waals surface area contributed by atoms with Crippen LogP contribution in [0.15, 0.2) is 57.4 Å². The minimum atomic E-state index is -0.412. The Balaban J connectivity index is 1.62. The highest BCUT2D eigenvalue weighted by Gasteiger charge is 2.16. The molecule has 2 aromatic rings. The lowest BCUT2D eigenvalue weighted by molar-refractivity contribution is -0.387. The summed E-state index contributed by atoms with van der Waals surface area (Å²) in [6.45, 7) is 4.89. The summed E-state index contributed by atoms with van der Waals surface area (Å²) in [6, 6.07) is 12.7. The molecule has 9 heteroatoms. The molecule has 0 aliphatic carbocycles. The Morgan fingerprint density at radius 1 is 1.28 bits per heavy atom. The maximum atomic E-state index is 11.9. The number of benzene rings is 2. The van der Waals surface area contributed by atoms with Gasteiger partial charge in [-0.15, -0.1) is 0 Å². The van der Waals surface area contributed by atoms with Crippen LogP contribution in [0.5, 0.6) is 0 Å². The highest BCUT2D eigenvalue weighted by molar-refractivity contribution is 7.99. The summed E-state index contributed by atoms with van der Waals surface area (Å²) in [5.41, 5.74) is 4.13. The molecule has 3 rings (SSSR count). The van der Waals surface area contributed by atoms with Crippen LogP contribution in [0.3, 0.4) is 0 Å². The number of nitrogens with zero attached hydrogens (tertiary/aromatic N) is 3. The number of hydrogen-bond donors (Lipinski definition) is 1. The maximum absolute atomic E-state index is 11.9. The average Bonchev–Trinajstić information content (AvgIpc) is 2.71. The van der Waals surface area contributed by atoms with E-state index < -0.39 is 4.92 Å². The zero-order valence-electron chi connectivity index (χ0n) is 16.0. The minimum Gasteiger partial charge on any atom is -0.379 e. The van der Waals surface area contributed by atoms with Gasteiger partial charge in [-0.2, -0.15) is 5.10 Å². The Labute approximate surface area is 173 Å². The molecule has 1 amide bonds. The summed E-state index contributed by atoms with van der Waals surface area (Å²) in [6.07, 6.45) is 1.41. The predicted octanol–water partition coefficient (Wildman–Crippen LogP) is 2.84. The summed E-state index contributed by atoms with van der Waals surface area (Å²) in [5.74, 6) is -0.232. The Morgan fingerprint density at radius 2 is 2.00 bits per heavy atom. The van der Waals surface area contributed by atoms with Crippen LogP contribution in [0.4, 0.5) is 5.69 Å². The molecule has 1 saturated heterocycles. The van der Waals surface area contributed by atoms with Gasteiger partial charge < -0.3 is 4.74 Å². The molecule has 1 fully saturated rings. The smallest absolute Gasteiger partial charge is 0.283 e. The lowest BCUT2D eigenvalue weighted by atomic mass is 10.2. The molecule has 0 unspecified atom stereocenters. The van der Waals surface area contributed by atoms with Crippen LogP contribution in [-0.4, -0.2) is 54.8 Å². The zero-order chi connectivity index (χ0) is 20.6. The second kappa shape index (κ2) is 10.1. The topological polar surface area (TPSA) is 97.1 Å². The number of aryl methyl sites for hydroxylation is 1. The first-order valence-electron chi connectivity index (χ1n) is 9.16. The molecule has 0 spiro atoms. The molecule has 0 atom stereocenters. The first kappa shape index (κ1) is 21.0. The standard InChI is InChI=1S/C20H22N4O4S/c1-15-2-5-17(6-3-15)29-19-7-4-16(12-18(19)24(26)27)13-21-22-20(25)14-23-8-10-28-11-9-23/h2-7,12-13H,8-11,14H2,1H3,(H,22,25)/b21-13-. The number of hydrazone groups is 1. The van der Waals surface area contributed by atoms with E-state index in [9.17, 15) is 14.9 Å². The van der Waals surface area contributed by atoms with Crippen LogP contribution in [0.25, 0.3) is 0 Å². The van der Waals surface area contributed by atoms with Crippen LogP contribution in [0.1, 0.15) is 11.1 Å². The van der Waals surface area contributed by atoms with Gasteiger partial charge in [0.05, 0.1) is 35.8 Å². The van der Waals surface area contributed by atoms with Gasteiger partial charge >= 0.3 is 0 Å². The van der Waals surface area contributed by atoms with Gasteiger partial charge in [-0.25, -0.2) is 5.43 Å². The SMILES string of the molecule is Cc1ccc(Sc2ccc(/C=N\NC(=O)CN3CCOCC3)cc2[N+](=O)[O-])cc1. The molecule has 0 radical (unpaired) electrons. The van der Waals surface area contributed by atoms with Gasteiger partial charge in [0.15, 0.2) is 0 Å². The first-order chi connectivity index (χ1) is 14.0. The number of morpholine rings is 1. The van der Waals surface area contributed by atoms with E-state index in [2.05, 4.69) is 10.5 Å². The predicted molar refractivity (Wildman–Crippen MR) is 111 cm³/mol. The van der Waals surface area contributed by atoms with Gasteiger partial charge in [0.2, 0.25) is 0 Å². The Bertz CT molecular complexity index is 896. The molecule has 1 aliphatic heterocycles. The lowest BCUT2D eigenvalue weighted by Crippen LogP contribution is -2.42. The summed E-state index contributed by atoms with van der Waals surface area (Å²) < 4.78 is 5.24. The Kier molecular flexibility index (Phi) is 7.34. The van der Waals surface area contributed by atoms with Gasteiger partial charge in [-0.05, 0) is 25.1 Å². The molecule has 1 aliphatic rings. The molecular weight excluding hydrogens is 392 g/mol. The fourth-order valence-electron chi connectivity index (χ4n) is 2.75. The number of carbonyl (C=O) groups is 1. The number of hydrogen-bond acceptors (Lipinski definition) is 7. The summed E-state index contributed by atoms with van der Waals surface area (Å²) in [7, 11) is 0. The first-order valence-corrected chi connectivity index (χ1v) is 9.98. The number of nitro groups is 1. The quantitative estimate of drug-likeness (QED) is 0.425. The van der Waals surface area contributed by atoms with Crippen LogP contribution in [-0.2, 0) is 9.53 Å². The monoisotopic (exact) mass is 414 g/mol. The number of nitro benzene ring substituents is 1. The van der Waals surface area contributed by atoms with Gasteiger partial charge in [0, 0.05) is 29.6 Å². The largest absolute Gasteiger partial charge is 0.379 e. The summed E-state index contributed by atoms with van der Waals surface area (Å²) in [4.78, 5) is 26.5. The fraction of sp³-hybridized carbons (Fsp3) is 0.300. The molecule has 0 bridgehead atoms. The highest BCUT2D eigenvalue weighted by atomic mass is 32.2. The molecule has 1 N–H and O–H groups in total. The van der Waals surface area contributed by atoms with E-state index in [1.165, 1.54) is 24.0 Å². The number of ether oxygens (including phenoxy) is 1. The second-order valence-corrected chi connectivity index (χ2v) is 7.70. The van der Waals surface area contributed by atoms with E-state index in [1.807, 2.05) is 36.1 Å². The van der Waals surface area contributed by atoms with E-state index in [-0.39, 0.29) is 18.1 Å². The van der Waals surface area contributed by atoms with E-state index >= 15 is 0 Å². The molecule has 0 saturated carbocycles. The van der Waals surface area contributed by atoms with Gasteiger partial charge in [-0.3, -0.25) is 19.8 Å². The van der Waals surface area contributed by atoms with Crippen molar-refractivity contribution in [2.75, 3.05) is 32.8 Å². The molecule has 152 valence electrons. The van der Waals surface area contributed by atoms with Crippen molar-refractivity contribution in [3.8, 4) is 0 Å². The molecule has 29 heavy (non-hydrogen) atoms. The van der Waals surface area contributed by atoms with E-state index in [0.29, 0.717) is 36.8 Å². The molecule has 2 aromatic carbocycles. The molecule has 8 nitrogen and oxygen atoms in total. The number of carbonyl (C=O) groups excluding carboxylic acids is 1. The van der Waals surface area contributed by atoms with Crippen molar-refractivity contribution in [2.24, 2.45) is 5.10 Å². The van der Waals surface area contributed by atoms with Gasteiger partial charge in [-0.1, -0.05) is 35.5 Å². The number of amides is 1. The Morgan fingerprint density at radius 3 is 2.69 bits per heavy atom. The van der Waals surface area contributed by atoms with Crippen LogP contribution < -0.4 is 5.43 Å². The van der Waals surface area contributed by atoms with Crippen molar-refractivity contribution in [1.82, 2.24) is 10.3 Å². The maximum Gasteiger partial charge on any atom is 0.283 e. The van der Waals surface area contributed by atoms with E-state index in [0.717, 1.165) is 10.5 Å². The fourth-order valence-corrected chi connectivity index (χ4v) is 3.65. The average molecular weight is 414 g/mol. The molecule has 1 heterocycles. The second-order valence-electron chi connectivity index (χ2n) is 6.58. The van der Waals surface area contributed by atoms with Crippen molar-refractivity contribution in [3.63, 3.8) is 0 Å². The van der Waals surface area contributed by atoms with Crippen molar-refractivity contribution in [1.29, 1.82) is 0 Å². The summed E-state index contributed by atoms with van der Waals surface area (Å²) >= 11 is 1.34.